The van der Waals surface area contributed by atoms with Gasteiger partial charge in [0, 0.05) is 25.4 Å². The normalized spacial score (nSPS) is 19.1. The second kappa shape index (κ2) is 14.5. The van der Waals surface area contributed by atoms with Crippen LogP contribution in [0.2, 0.25) is 0 Å². The van der Waals surface area contributed by atoms with Crippen LogP contribution in [-0.2, 0) is 17.6 Å². The zero-order valence-corrected chi connectivity index (χ0v) is 26.9. The van der Waals surface area contributed by atoms with Crippen molar-refractivity contribution in [3.8, 4) is 0 Å². The van der Waals surface area contributed by atoms with E-state index < -0.39 is 24.5 Å². The number of aryl methyl sites for hydroxylation is 1. The van der Waals surface area contributed by atoms with Crippen molar-refractivity contribution in [1.82, 2.24) is 29.7 Å². The van der Waals surface area contributed by atoms with Crippen molar-refractivity contribution in [1.29, 1.82) is 0 Å². The van der Waals surface area contributed by atoms with Gasteiger partial charge in [-0.25, -0.2) is 4.98 Å². The largest absolute Gasteiger partial charge is 0.422 e. The fourth-order valence-corrected chi connectivity index (χ4v) is 6.11. The third-order valence-corrected chi connectivity index (χ3v) is 8.79. The summed E-state index contributed by atoms with van der Waals surface area (Å²) in [7, 11) is 0. The van der Waals surface area contributed by atoms with E-state index >= 15 is 0 Å². The molecular formula is C36H38N8O5. The fourth-order valence-electron chi connectivity index (χ4n) is 6.11. The second-order valence-corrected chi connectivity index (χ2v) is 11.9. The monoisotopic (exact) mass is 662 g/mol. The van der Waals surface area contributed by atoms with Crippen LogP contribution < -0.4 is 10.2 Å². The summed E-state index contributed by atoms with van der Waals surface area (Å²) in [6.07, 6.45) is -2.17. The number of nitrogens with zero attached hydrogens (tertiary/aromatic N) is 7. The van der Waals surface area contributed by atoms with Crippen molar-refractivity contribution in [2.45, 2.75) is 50.2 Å². The number of anilines is 2. The molecule has 13 nitrogen and oxygen atoms in total. The van der Waals surface area contributed by atoms with Gasteiger partial charge >= 0.3 is 0 Å². The zero-order chi connectivity index (χ0) is 33.7. The molecule has 0 saturated carbocycles. The van der Waals surface area contributed by atoms with Crippen LogP contribution >= 0.6 is 0 Å². The van der Waals surface area contributed by atoms with Crippen LogP contribution in [-0.4, -0.2) is 77.1 Å². The summed E-state index contributed by atoms with van der Waals surface area (Å²) in [4.78, 5) is 16.0. The van der Waals surface area contributed by atoms with Crippen LogP contribution in [0.15, 0.2) is 102 Å². The number of aliphatic hydroxyl groups is 3. The molecule has 0 bridgehead atoms. The number of aliphatic hydroxyl groups excluding tert-OH is 3. The molecule has 7 rings (SSSR count). The van der Waals surface area contributed by atoms with Gasteiger partial charge in [-0.3, -0.25) is 4.57 Å². The summed E-state index contributed by atoms with van der Waals surface area (Å²) in [5, 5.41) is 44.2. The molecule has 13 heteroatoms. The fraction of sp³-hybridized carbons (Fsp3) is 0.306. The number of ether oxygens (including phenoxy) is 1. The smallest absolute Gasteiger partial charge is 0.248 e. The molecule has 4 heterocycles. The lowest BCUT2D eigenvalue weighted by molar-refractivity contribution is -0.0439. The average molecular weight is 663 g/mol. The third kappa shape index (κ3) is 6.74. The Hall–Kier alpha value is -5.21. The van der Waals surface area contributed by atoms with E-state index in [0.717, 1.165) is 16.7 Å². The van der Waals surface area contributed by atoms with Gasteiger partial charge < -0.3 is 34.7 Å². The van der Waals surface area contributed by atoms with Crippen LogP contribution in [0.4, 0.5) is 11.8 Å². The van der Waals surface area contributed by atoms with E-state index in [2.05, 4.69) is 44.8 Å². The molecule has 0 amide bonds. The lowest BCUT2D eigenvalue weighted by Crippen LogP contribution is -2.30. The SMILES string of the molecule is CCc1nnc([C@H]2O[C@@H](n3cnc4c(NCC(c5ccccc5)c5ccccc5)nc(N(CO)CCc5ccccc5)nc43)[C@H](O)[C@@H]2O)o1. The van der Waals surface area contributed by atoms with E-state index in [-0.39, 0.29) is 24.5 Å². The first-order valence-corrected chi connectivity index (χ1v) is 16.4. The van der Waals surface area contributed by atoms with Crippen LogP contribution in [0.5, 0.6) is 0 Å². The Bertz CT molecular complexity index is 1920. The molecule has 1 saturated heterocycles. The Labute approximate surface area is 282 Å². The first-order chi connectivity index (χ1) is 24.0. The van der Waals surface area contributed by atoms with Gasteiger partial charge in [0.15, 0.2) is 29.3 Å². The lowest BCUT2D eigenvalue weighted by atomic mass is 9.91. The number of nitrogens with one attached hydrogen (secondary N) is 1. The molecule has 0 unspecified atom stereocenters. The second-order valence-electron chi connectivity index (χ2n) is 11.9. The molecule has 0 aliphatic carbocycles. The summed E-state index contributed by atoms with van der Waals surface area (Å²) in [5.74, 6) is 1.17. The van der Waals surface area contributed by atoms with E-state index in [1.54, 1.807) is 9.47 Å². The molecule has 6 aromatic rings. The number of rotatable bonds is 13. The Balaban J connectivity index is 1.25. The number of fused-ring (bicyclic) bond motifs is 1. The number of benzene rings is 3. The minimum Gasteiger partial charge on any atom is -0.422 e. The lowest BCUT2D eigenvalue weighted by Gasteiger charge is -2.23. The van der Waals surface area contributed by atoms with Gasteiger partial charge in [0.05, 0.1) is 6.33 Å². The average Bonchev–Trinajstić information content (AvgIpc) is 3.88. The highest BCUT2D eigenvalue weighted by Gasteiger charge is 2.47. The molecule has 0 spiro atoms. The van der Waals surface area contributed by atoms with Gasteiger partial charge in [-0.05, 0) is 23.1 Å². The van der Waals surface area contributed by atoms with Crippen molar-refractivity contribution in [2.24, 2.45) is 0 Å². The van der Waals surface area contributed by atoms with E-state index in [0.29, 0.717) is 48.8 Å². The van der Waals surface area contributed by atoms with E-state index in [9.17, 15) is 15.3 Å². The van der Waals surface area contributed by atoms with Gasteiger partial charge in [0.2, 0.25) is 17.7 Å². The highest BCUT2D eigenvalue weighted by molar-refractivity contribution is 5.84. The van der Waals surface area contributed by atoms with Crippen molar-refractivity contribution in [3.63, 3.8) is 0 Å². The maximum absolute atomic E-state index is 11.2. The van der Waals surface area contributed by atoms with Crippen LogP contribution in [0.1, 0.15) is 53.6 Å². The quantitative estimate of drug-likeness (QED) is 0.131. The predicted octanol–water partition coefficient (Wildman–Crippen LogP) is 4.01. The molecule has 3 aromatic carbocycles. The third-order valence-electron chi connectivity index (χ3n) is 8.79. The molecule has 1 aliphatic heterocycles. The van der Waals surface area contributed by atoms with Crippen molar-refractivity contribution >= 4 is 22.9 Å². The van der Waals surface area contributed by atoms with E-state index in [4.69, 9.17) is 19.1 Å². The number of imidazole rings is 1. The molecule has 252 valence electrons. The standard InChI is InChI=1S/C36H38N8O5/c1-2-27-41-42-34(48-27)31-29(46)30(47)35(49-31)44-21-38-28-32(37-20-26(24-14-8-4-9-15-24)25-16-10-5-11-17-25)39-36(40-33(28)44)43(22-45)19-18-23-12-6-3-7-13-23/h3-17,21,26,29-31,35,45-47H,2,18-20,22H2,1H3,(H,37,39,40)/t29-,30+,31-,35+/m0/s1. The van der Waals surface area contributed by atoms with Crippen molar-refractivity contribution < 1.29 is 24.5 Å². The van der Waals surface area contributed by atoms with Crippen LogP contribution in [0, 0.1) is 0 Å². The minimum absolute atomic E-state index is 0.0108. The first-order valence-electron chi connectivity index (χ1n) is 16.4. The van der Waals surface area contributed by atoms with Gasteiger partial charge in [-0.15, -0.1) is 10.2 Å². The Kier molecular flexibility index (Phi) is 9.57. The molecule has 49 heavy (non-hydrogen) atoms. The minimum atomic E-state index is -1.36. The van der Waals surface area contributed by atoms with E-state index in [1.165, 1.54) is 6.33 Å². The summed E-state index contributed by atoms with van der Waals surface area (Å²) in [5.41, 5.74) is 4.15. The molecule has 0 radical (unpaired) electrons. The molecule has 4 atom stereocenters. The number of aromatic nitrogens is 6. The van der Waals surface area contributed by atoms with Crippen LogP contribution in [0.25, 0.3) is 11.2 Å². The van der Waals surface area contributed by atoms with Crippen molar-refractivity contribution in [2.75, 3.05) is 30.0 Å². The maximum Gasteiger partial charge on any atom is 0.248 e. The first kappa shape index (κ1) is 32.3. The molecule has 4 N–H and O–H groups in total. The predicted molar refractivity (Wildman–Crippen MR) is 182 cm³/mol. The molecule has 1 aliphatic rings. The summed E-state index contributed by atoms with van der Waals surface area (Å²) < 4.78 is 13.4. The number of hydrogen-bond donors (Lipinski definition) is 4. The number of hydrogen-bond acceptors (Lipinski definition) is 12. The van der Waals surface area contributed by atoms with Gasteiger partial charge in [0.25, 0.3) is 0 Å². The van der Waals surface area contributed by atoms with Gasteiger partial charge in [0.1, 0.15) is 18.9 Å². The molecule has 3 aromatic heterocycles. The Morgan fingerprint density at radius 3 is 2.18 bits per heavy atom. The molecule has 1 fully saturated rings. The highest BCUT2D eigenvalue weighted by Crippen LogP contribution is 2.40. The van der Waals surface area contributed by atoms with Crippen LogP contribution in [0.3, 0.4) is 0 Å². The summed E-state index contributed by atoms with van der Waals surface area (Å²) in [6.45, 7) is 2.47. The maximum atomic E-state index is 11.2. The molecular weight excluding hydrogens is 624 g/mol. The van der Waals surface area contributed by atoms with Gasteiger partial charge in [-0.2, -0.15) is 9.97 Å². The van der Waals surface area contributed by atoms with E-state index in [1.807, 2.05) is 73.7 Å². The highest BCUT2D eigenvalue weighted by atomic mass is 16.6. The van der Waals surface area contributed by atoms with Gasteiger partial charge in [-0.1, -0.05) is 97.9 Å². The summed E-state index contributed by atoms with van der Waals surface area (Å²) in [6, 6.07) is 30.4. The van der Waals surface area contributed by atoms with Crippen molar-refractivity contribution in [3.05, 3.63) is 126 Å². The Morgan fingerprint density at radius 1 is 0.878 bits per heavy atom. The summed E-state index contributed by atoms with van der Waals surface area (Å²) >= 11 is 0. The topological polar surface area (TPSA) is 168 Å². The zero-order valence-electron chi connectivity index (χ0n) is 26.9. The Morgan fingerprint density at radius 2 is 1.55 bits per heavy atom.